The van der Waals surface area contributed by atoms with Crippen LogP contribution >= 0.6 is 0 Å². The second kappa shape index (κ2) is 12.0. The third-order valence-corrected chi connectivity index (χ3v) is 15.1. The van der Waals surface area contributed by atoms with Crippen molar-refractivity contribution in [2.75, 3.05) is 25.3 Å². The minimum atomic E-state index is -1.70. The maximum Gasteiger partial charge on any atom is 0.320 e. The van der Waals surface area contributed by atoms with Crippen LogP contribution < -0.4 is 4.57 Å². The Morgan fingerprint density at radius 2 is 1.33 bits per heavy atom. The predicted molar refractivity (Wildman–Crippen MR) is 125 cm³/mol. The second-order valence-corrected chi connectivity index (χ2v) is 16.7. The largest absolute Gasteiger partial charge is 0.400 e. The zero-order valence-corrected chi connectivity index (χ0v) is 21.2. The van der Waals surface area contributed by atoms with Gasteiger partial charge >= 0.3 is 9.28 Å². The zero-order chi connectivity index (χ0) is 20.4. The first-order valence-corrected chi connectivity index (χ1v) is 14.6. The summed E-state index contributed by atoms with van der Waals surface area (Å²) in [5.41, 5.74) is 3.57. The van der Waals surface area contributed by atoms with Crippen molar-refractivity contribution < 1.29 is 8.85 Å². The molecule has 0 fully saturated rings. The standard InChI is InChI=1S/C22H43NO2Si2/c1-19(2)27(20(3)4,21(5)6)23(22-15-11-9-12-16-22)17-13-10-14-18-26(24-7)25-8/h9,11-12,15-16,19-21,26H,10,13-14,17-18H2,1-8H3. The monoisotopic (exact) mass is 409 g/mol. The quantitative estimate of drug-likeness (QED) is 0.280. The van der Waals surface area contributed by atoms with Gasteiger partial charge in [-0.3, -0.25) is 0 Å². The van der Waals surface area contributed by atoms with Gasteiger partial charge in [0.25, 0.3) is 0 Å². The molecule has 0 aliphatic heterocycles. The van der Waals surface area contributed by atoms with Gasteiger partial charge in [-0.25, -0.2) is 0 Å². The smallest absolute Gasteiger partial charge is 0.320 e. The van der Waals surface area contributed by atoms with Gasteiger partial charge in [0.15, 0.2) is 8.24 Å². The molecule has 0 heterocycles. The molecule has 0 aliphatic carbocycles. The molecule has 5 heteroatoms. The molecule has 0 spiro atoms. The molecule has 3 nitrogen and oxygen atoms in total. The lowest BCUT2D eigenvalue weighted by atomic mass is 10.2. The average molecular weight is 410 g/mol. The molecule has 0 aliphatic rings. The Morgan fingerprint density at radius 1 is 0.815 bits per heavy atom. The van der Waals surface area contributed by atoms with Crippen LogP contribution in [0.1, 0.15) is 60.8 Å². The lowest BCUT2D eigenvalue weighted by Gasteiger charge is -2.52. The first kappa shape index (κ1) is 24.4. The molecule has 0 radical (unpaired) electrons. The predicted octanol–water partition coefficient (Wildman–Crippen LogP) is 6.35. The number of para-hydroxylation sites is 1. The lowest BCUT2D eigenvalue weighted by Crippen LogP contribution is -2.61. The van der Waals surface area contributed by atoms with E-state index in [0.717, 1.165) is 29.2 Å². The van der Waals surface area contributed by atoms with E-state index in [-0.39, 0.29) is 0 Å². The molecule has 0 unspecified atom stereocenters. The minimum absolute atomic E-state index is 0.719. The van der Waals surface area contributed by atoms with E-state index in [9.17, 15) is 0 Å². The highest BCUT2D eigenvalue weighted by Gasteiger charge is 2.48. The highest BCUT2D eigenvalue weighted by Crippen LogP contribution is 2.45. The summed E-state index contributed by atoms with van der Waals surface area (Å²) in [5.74, 6) is 0. The summed E-state index contributed by atoms with van der Waals surface area (Å²) in [6.07, 6.45) is 3.70. The van der Waals surface area contributed by atoms with Gasteiger partial charge < -0.3 is 13.4 Å². The van der Waals surface area contributed by atoms with Crippen molar-refractivity contribution in [2.45, 2.75) is 83.5 Å². The third-order valence-electron chi connectivity index (χ3n) is 6.16. The highest BCUT2D eigenvalue weighted by molar-refractivity contribution is 6.86. The first-order valence-electron chi connectivity index (χ1n) is 10.7. The lowest BCUT2D eigenvalue weighted by molar-refractivity contribution is 0.276. The topological polar surface area (TPSA) is 21.7 Å². The fourth-order valence-electron chi connectivity index (χ4n) is 5.18. The van der Waals surface area contributed by atoms with Crippen LogP contribution in [0.4, 0.5) is 5.69 Å². The third kappa shape index (κ3) is 6.18. The number of unbranched alkanes of at least 4 members (excludes halogenated alkanes) is 2. The van der Waals surface area contributed by atoms with Crippen molar-refractivity contribution in [3.8, 4) is 0 Å². The van der Waals surface area contributed by atoms with E-state index in [2.05, 4.69) is 76.4 Å². The fourth-order valence-corrected chi connectivity index (χ4v) is 13.5. The molecule has 0 bridgehead atoms. The van der Waals surface area contributed by atoms with Crippen LogP contribution in [0.2, 0.25) is 22.7 Å². The molecule has 156 valence electrons. The van der Waals surface area contributed by atoms with Crippen molar-refractivity contribution in [3.05, 3.63) is 30.3 Å². The minimum Gasteiger partial charge on any atom is -0.400 e. The molecule has 0 N–H and O–H groups in total. The molecular formula is C22H43NO2Si2. The maximum atomic E-state index is 5.46. The molecule has 0 atom stereocenters. The summed E-state index contributed by atoms with van der Waals surface area (Å²) in [6, 6.07) is 12.2. The van der Waals surface area contributed by atoms with E-state index in [1.54, 1.807) is 14.2 Å². The normalized spacial score (nSPS) is 12.6. The van der Waals surface area contributed by atoms with Gasteiger partial charge in [-0.15, -0.1) is 0 Å². The van der Waals surface area contributed by atoms with E-state index >= 15 is 0 Å². The number of hydrogen-bond acceptors (Lipinski definition) is 3. The SMILES string of the molecule is CO[SiH](CCCCCN(c1ccccc1)[Si](C(C)C)(C(C)C)C(C)C)OC. The molecule has 0 amide bonds. The zero-order valence-electron chi connectivity index (χ0n) is 19.0. The van der Waals surface area contributed by atoms with Gasteiger partial charge in [0.2, 0.25) is 0 Å². The van der Waals surface area contributed by atoms with Gasteiger partial charge in [0.05, 0.1) is 0 Å². The summed E-state index contributed by atoms with van der Waals surface area (Å²) in [4.78, 5) is 0. The second-order valence-electron chi connectivity index (χ2n) is 8.59. The van der Waals surface area contributed by atoms with Crippen LogP contribution in [-0.2, 0) is 8.85 Å². The van der Waals surface area contributed by atoms with Gasteiger partial charge in [-0.05, 0) is 41.2 Å². The Bertz CT molecular complexity index is 483. The number of rotatable bonds is 13. The van der Waals surface area contributed by atoms with Crippen molar-refractivity contribution in [1.29, 1.82) is 0 Å². The van der Waals surface area contributed by atoms with Crippen molar-refractivity contribution in [3.63, 3.8) is 0 Å². The van der Waals surface area contributed by atoms with Gasteiger partial charge in [0.1, 0.15) is 0 Å². The summed E-state index contributed by atoms with van der Waals surface area (Å²) in [6.45, 7) is 15.9. The van der Waals surface area contributed by atoms with Crippen LogP contribution in [0.3, 0.4) is 0 Å². The Kier molecular flexibility index (Phi) is 10.9. The van der Waals surface area contributed by atoms with E-state index in [1.165, 1.54) is 24.9 Å². The maximum absolute atomic E-state index is 5.46. The van der Waals surface area contributed by atoms with Crippen molar-refractivity contribution >= 4 is 23.2 Å². The molecular weight excluding hydrogens is 366 g/mol. The van der Waals surface area contributed by atoms with Crippen LogP contribution in [0.5, 0.6) is 0 Å². The molecule has 1 rings (SSSR count). The van der Waals surface area contributed by atoms with Crippen LogP contribution in [-0.4, -0.2) is 38.3 Å². The van der Waals surface area contributed by atoms with Crippen LogP contribution in [0.25, 0.3) is 0 Å². The van der Waals surface area contributed by atoms with E-state index in [4.69, 9.17) is 8.85 Å². The Labute approximate surface area is 171 Å². The van der Waals surface area contributed by atoms with E-state index in [0.29, 0.717) is 0 Å². The van der Waals surface area contributed by atoms with E-state index in [1.807, 2.05) is 0 Å². The van der Waals surface area contributed by atoms with Crippen molar-refractivity contribution in [2.24, 2.45) is 0 Å². The molecule has 1 aromatic carbocycles. The average Bonchev–Trinajstić information content (AvgIpc) is 2.63. The molecule has 0 aromatic heterocycles. The number of benzene rings is 1. The molecule has 0 saturated carbocycles. The first-order chi connectivity index (χ1) is 12.8. The van der Waals surface area contributed by atoms with Gasteiger partial charge in [-0.1, -0.05) is 72.6 Å². The summed E-state index contributed by atoms with van der Waals surface area (Å²) < 4.78 is 13.8. The van der Waals surface area contributed by atoms with Crippen LogP contribution in [0.15, 0.2) is 30.3 Å². The molecule has 0 saturated heterocycles. The number of hydrogen-bond donors (Lipinski definition) is 0. The highest BCUT2D eigenvalue weighted by atomic mass is 28.3. The fraction of sp³-hybridized carbons (Fsp3) is 0.727. The van der Waals surface area contributed by atoms with Gasteiger partial charge in [-0.2, -0.15) is 0 Å². The Morgan fingerprint density at radius 3 is 1.78 bits per heavy atom. The number of anilines is 1. The van der Waals surface area contributed by atoms with Crippen molar-refractivity contribution in [1.82, 2.24) is 0 Å². The molecule has 27 heavy (non-hydrogen) atoms. The van der Waals surface area contributed by atoms with E-state index < -0.39 is 17.5 Å². The Hall–Kier alpha value is -0.626. The summed E-state index contributed by atoms with van der Waals surface area (Å²) >= 11 is 0. The summed E-state index contributed by atoms with van der Waals surface area (Å²) in [5, 5.41) is 0. The van der Waals surface area contributed by atoms with Gasteiger partial charge in [0, 0.05) is 26.5 Å². The summed E-state index contributed by atoms with van der Waals surface area (Å²) in [7, 11) is 0.459. The number of nitrogens with zero attached hydrogens (tertiary/aromatic N) is 1. The molecule has 1 aromatic rings. The Balaban J connectivity index is 2.97. The van der Waals surface area contributed by atoms with Crippen LogP contribution in [0, 0.1) is 0 Å².